The summed E-state index contributed by atoms with van der Waals surface area (Å²) in [5.41, 5.74) is -1.43. The van der Waals surface area contributed by atoms with Crippen LogP contribution in [0.5, 0.6) is 0 Å². The predicted octanol–water partition coefficient (Wildman–Crippen LogP) is 2.49. The number of methoxy groups -OCH3 is 1. The van der Waals surface area contributed by atoms with Gasteiger partial charge in [-0.2, -0.15) is 18.4 Å². The quantitative estimate of drug-likeness (QED) is 0.580. The first kappa shape index (κ1) is 14.6. The summed E-state index contributed by atoms with van der Waals surface area (Å²) < 4.78 is 42.3. The zero-order valence-electron chi connectivity index (χ0n) is 9.84. The Morgan fingerprint density at radius 3 is 2.63 bits per heavy atom. The molecule has 0 aromatic heterocycles. The van der Waals surface area contributed by atoms with Crippen LogP contribution in [0.4, 0.5) is 13.2 Å². The zero-order valence-corrected chi connectivity index (χ0v) is 9.84. The number of nitriles is 1. The molecule has 0 atom stereocenters. The topological polar surface area (TPSA) is 50.1 Å². The van der Waals surface area contributed by atoms with E-state index in [1.54, 1.807) is 0 Å². The molecule has 0 heterocycles. The van der Waals surface area contributed by atoms with Gasteiger partial charge in [-0.05, 0) is 18.2 Å². The van der Waals surface area contributed by atoms with Gasteiger partial charge in [-0.3, -0.25) is 4.79 Å². The molecule has 0 saturated carbocycles. The Morgan fingerprint density at radius 1 is 1.42 bits per heavy atom. The summed E-state index contributed by atoms with van der Waals surface area (Å²) in [5, 5.41) is 8.61. The molecule has 0 radical (unpaired) electrons. The number of esters is 1. The Morgan fingerprint density at radius 2 is 2.11 bits per heavy atom. The number of hydrogen-bond donors (Lipinski definition) is 0. The van der Waals surface area contributed by atoms with Gasteiger partial charge >= 0.3 is 12.1 Å². The first-order valence-electron chi connectivity index (χ1n) is 5.05. The number of carbonyl (C=O) groups is 1. The molecule has 3 nitrogen and oxygen atoms in total. The fourth-order valence-electron chi connectivity index (χ4n) is 1.24. The molecule has 0 unspecified atom stereocenters. The molecule has 0 N–H and O–H groups in total. The van der Waals surface area contributed by atoms with E-state index in [1.807, 2.05) is 0 Å². The van der Waals surface area contributed by atoms with E-state index in [-0.39, 0.29) is 12.0 Å². The number of benzene rings is 1. The van der Waals surface area contributed by atoms with Gasteiger partial charge in [0.25, 0.3) is 0 Å². The standard InChI is InChI=1S/C13H8F3NO2/c1-19-12(18)4-2-3-9-5-6-10(8-17)11(7-9)13(14,15)16/h5-7H,4H2,1H3. The number of rotatable bonds is 1. The lowest BCUT2D eigenvalue weighted by molar-refractivity contribution is -0.139. The third-order valence-corrected chi connectivity index (χ3v) is 2.14. The summed E-state index contributed by atoms with van der Waals surface area (Å²) in [5.74, 6) is 4.24. The summed E-state index contributed by atoms with van der Waals surface area (Å²) >= 11 is 0. The van der Waals surface area contributed by atoms with Gasteiger partial charge < -0.3 is 4.74 Å². The van der Waals surface area contributed by atoms with E-state index in [0.29, 0.717) is 0 Å². The van der Waals surface area contributed by atoms with Crippen LogP contribution in [-0.2, 0) is 15.7 Å². The molecule has 98 valence electrons. The van der Waals surface area contributed by atoms with E-state index in [1.165, 1.54) is 19.2 Å². The van der Waals surface area contributed by atoms with Crippen molar-refractivity contribution in [1.82, 2.24) is 0 Å². The van der Waals surface area contributed by atoms with E-state index in [4.69, 9.17) is 5.26 Å². The average molecular weight is 267 g/mol. The van der Waals surface area contributed by atoms with Gasteiger partial charge in [0.05, 0.1) is 24.3 Å². The number of hydrogen-bond acceptors (Lipinski definition) is 3. The first-order valence-corrected chi connectivity index (χ1v) is 5.05. The largest absolute Gasteiger partial charge is 0.468 e. The van der Waals surface area contributed by atoms with E-state index < -0.39 is 23.3 Å². The maximum atomic E-state index is 12.6. The molecule has 0 fully saturated rings. The van der Waals surface area contributed by atoms with Crippen LogP contribution >= 0.6 is 0 Å². The molecule has 0 amide bonds. The van der Waals surface area contributed by atoms with Gasteiger partial charge in [-0.1, -0.05) is 11.8 Å². The second-order valence-electron chi connectivity index (χ2n) is 3.42. The molecule has 1 aromatic carbocycles. The van der Waals surface area contributed by atoms with E-state index in [9.17, 15) is 18.0 Å². The van der Waals surface area contributed by atoms with Crippen LogP contribution in [0.1, 0.15) is 23.1 Å². The molecular weight excluding hydrogens is 259 g/mol. The molecular formula is C13H8F3NO2. The molecule has 0 aliphatic heterocycles. The van der Waals surface area contributed by atoms with Crippen LogP contribution < -0.4 is 0 Å². The summed E-state index contributed by atoms with van der Waals surface area (Å²) in [6, 6.07) is 4.59. The Kier molecular flexibility index (Phi) is 4.55. The maximum absolute atomic E-state index is 12.6. The lowest BCUT2D eigenvalue weighted by Crippen LogP contribution is -2.08. The van der Waals surface area contributed by atoms with Gasteiger partial charge in [0.2, 0.25) is 0 Å². The number of carbonyl (C=O) groups excluding carboxylic acids is 1. The Labute approximate surface area is 107 Å². The Bertz CT molecular complexity index is 589. The Balaban J connectivity index is 3.07. The minimum atomic E-state index is -4.62. The third-order valence-electron chi connectivity index (χ3n) is 2.14. The first-order chi connectivity index (χ1) is 8.88. The van der Waals surface area contributed by atoms with Crippen LogP contribution in [0, 0.1) is 23.2 Å². The SMILES string of the molecule is COC(=O)CC#Cc1ccc(C#N)c(C(F)(F)F)c1. The number of halogens is 3. The molecule has 6 heteroatoms. The van der Waals surface area contributed by atoms with E-state index in [2.05, 4.69) is 16.6 Å². The van der Waals surface area contributed by atoms with Crippen LogP contribution in [0.2, 0.25) is 0 Å². The van der Waals surface area contributed by atoms with Crippen molar-refractivity contribution in [3.8, 4) is 17.9 Å². The van der Waals surface area contributed by atoms with Crippen molar-refractivity contribution in [2.45, 2.75) is 12.6 Å². The monoisotopic (exact) mass is 267 g/mol. The van der Waals surface area contributed by atoms with Crippen molar-refractivity contribution in [3.05, 3.63) is 34.9 Å². The predicted molar refractivity (Wildman–Crippen MR) is 59.7 cm³/mol. The molecule has 1 rings (SSSR count). The summed E-state index contributed by atoms with van der Waals surface area (Å²) in [6.07, 6.45) is -4.83. The lowest BCUT2D eigenvalue weighted by atomic mass is 10.0. The van der Waals surface area contributed by atoms with E-state index in [0.717, 1.165) is 12.1 Å². The van der Waals surface area contributed by atoms with Crippen molar-refractivity contribution in [2.75, 3.05) is 7.11 Å². The summed E-state index contributed by atoms with van der Waals surface area (Å²) in [7, 11) is 1.19. The van der Waals surface area contributed by atoms with Crippen molar-refractivity contribution in [2.24, 2.45) is 0 Å². The van der Waals surface area contributed by atoms with Crippen LogP contribution in [0.25, 0.3) is 0 Å². The number of ether oxygens (including phenoxy) is 1. The molecule has 0 saturated heterocycles. The van der Waals surface area contributed by atoms with Crippen LogP contribution in [0.3, 0.4) is 0 Å². The van der Waals surface area contributed by atoms with Gasteiger partial charge in [-0.15, -0.1) is 0 Å². The maximum Gasteiger partial charge on any atom is 0.417 e. The number of alkyl halides is 3. The van der Waals surface area contributed by atoms with Gasteiger partial charge in [-0.25, -0.2) is 0 Å². The zero-order chi connectivity index (χ0) is 14.5. The minimum Gasteiger partial charge on any atom is -0.468 e. The number of nitrogens with zero attached hydrogens (tertiary/aromatic N) is 1. The minimum absolute atomic E-state index is 0.0789. The van der Waals surface area contributed by atoms with Crippen molar-refractivity contribution in [1.29, 1.82) is 5.26 Å². The highest BCUT2D eigenvalue weighted by Gasteiger charge is 2.33. The molecule has 0 aliphatic carbocycles. The Hall–Kier alpha value is -2.47. The normalized spacial score (nSPS) is 10.1. The van der Waals surface area contributed by atoms with Gasteiger partial charge in [0.15, 0.2) is 0 Å². The van der Waals surface area contributed by atoms with Crippen molar-refractivity contribution < 1.29 is 22.7 Å². The molecule has 0 bridgehead atoms. The fourth-order valence-corrected chi connectivity index (χ4v) is 1.24. The highest BCUT2D eigenvalue weighted by atomic mass is 19.4. The van der Waals surface area contributed by atoms with Crippen molar-refractivity contribution >= 4 is 5.97 Å². The van der Waals surface area contributed by atoms with Crippen molar-refractivity contribution in [3.63, 3.8) is 0 Å². The summed E-state index contributed by atoms with van der Waals surface area (Å²) in [6.45, 7) is 0. The molecule has 0 aliphatic rings. The highest BCUT2D eigenvalue weighted by molar-refractivity contribution is 5.72. The smallest absolute Gasteiger partial charge is 0.417 e. The molecule has 19 heavy (non-hydrogen) atoms. The second-order valence-corrected chi connectivity index (χ2v) is 3.42. The van der Waals surface area contributed by atoms with Gasteiger partial charge in [0, 0.05) is 5.56 Å². The lowest BCUT2D eigenvalue weighted by Gasteiger charge is -2.08. The van der Waals surface area contributed by atoms with Crippen LogP contribution in [0.15, 0.2) is 18.2 Å². The highest BCUT2D eigenvalue weighted by Crippen LogP contribution is 2.32. The van der Waals surface area contributed by atoms with E-state index >= 15 is 0 Å². The third kappa shape index (κ3) is 4.04. The van der Waals surface area contributed by atoms with Gasteiger partial charge in [0.1, 0.15) is 6.42 Å². The molecule has 0 spiro atoms. The summed E-state index contributed by atoms with van der Waals surface area (Å²) in [4.78, 5) is 10.8. The fraction of sp³-hybridized carbons (Fsp3) is 0.231. The molecule has 1 aromatic rings. The average Bonchev–Trinajstić information content (AvgIpc) is 2.37. The van der Waals surface area contributed by atoms with Crippen LogP contribution in [-0.4, -0.2) is 13.1 Å². The second kappa shape index (κ2) is 5.92.